The summed E-state index contributed by atoms with van der Waals surface area (Å²) < 4.78 is 1.64. The topological polar surface area (TPSA) is 54.5 Å². The lowest BCUT2D eigenvalue weighted by atomic mass is 10.2. The van der Waals surface area contributed by atoms with Gasteiger partial charge in [-0.05, 0) is 24.3 Å². The van der Waals surface area contributed by atoms with Crippen LogP contribution < -0.4 is 0 Å². The number of nitrogens with zero attached hydrogens (tertiary/aromatic N) is 4. The summed E-state index contributed by atoms with van der Waals surface area (Å²) >= 11 is 0. The van der Waals surface area contributed by atoms with Crippen molar-refractivity contribution in [2.45, 2.75) is 0 Å². The maximum Gasteiger partial charge on any atom is 0.0991 e. The van der Waals surface area contributed by atoms with Crippen LogP contribution in [0.5, 0.6) is 0 Å². The van der Waals surface area contributed by atoms with E-state index in [9.17, 15) is 0 Å². The molecule has 0 atom stereocenters. The molecule has 13 heavy (non-hydrogen) atoms. The van der Waals surface area contributed by atoms with E-state index in [0.29, 0.717) is 5.56 Å². The Balaban J connectivity index is 2.40. The first-order valence-corrected chi connectivity index (χ1v) is 3.77. The van der Waals surface area contributed by atoms with Crippen molar-refractivity contribution in [2.75, 3.05) is 0 Å². The molecule has 0 saturated carbocycles. The van der Waals surface area contributed by atoms with Crippen LogP contribution in [-0.2, 0) is 0 Å². The Hall–Kier alpha value is -2.15. The number of rotatable bonds is 1. The van der Waals surface area contributed by atoms with Gasteiger partial charge in [-0.2, -0.15) is 5.26 Å². The lowest BCUT2D eigenvalue weighted by Gasteiger charge is -1.97. The highest BCUT2D eigenvalue weighted by Crippen LogP contribution is 2.06. The first-order chi connectivity index (χ1) is 6.40. The zero-order valence-corrected chi connectivity index (χ0v) is 6.75. The summed E-state index contributed by atoms with van der Waals surface area (Å²) in [5.41, 5.74) is 1.54. The summed E-state index contributed by atoms with van der Waals surface area (Å²) in [5.74, 6) is 0. The van der Waals surface area contributed by atoms with Gasteiger partial charge in [0.15, 0.2) is 0 Å². The van der Waals surface area contributed by atoms with E-state index in [1.807, 2.05) is 12.1 Å². The van der Waals surface area contributed by atoms with Crippen molar-refractivity contribution in [3.63, 3.8) is 0 Å². The van der Waals surface area contributed by atoms with Crippen molar-refractivity contribution in [1.29, 1.82) is 5.26 Å². The number of hydrogen-bond donors (Lipinski definition) is 0. The molecule has 0 aliphatic carbocycles. The molecular formula is C9H6N4. The van der Waals surface area contributed by atoms with Crippen LogP contribution in [0.15, 0.2) is 36.7 Å². The van der Waals surface area contributed by atoms with Gasteiger partial charge in [0, 0.05) is 0 Å². The minimum atomic E-state index is 0.642. The fraction of sp³-hybridized carbons (Fsp3) is 0. The van der Waals surface area contributed by atoms with E-state index in [4.69, 9.17) is 5.26 Å². The zero-order valence-electron chi connectivity index (χ0n) is 6.75. The predicted molar refractivity (Wildman–Crippen MR) is 46.1 cm³/mol. The first-order valence-electron chi connectivity index (χ1n) is 3.77. The highest BCUT2D eigenvalue weighted by Gasteiger charge is 1.95. The van der Waals surface area contributed by atoms with E-state index in [0.717, 1.165) is 5.69 Å². The Morgan fingerprint density at radius 3 is 2.54 bits per heavy atom. The van der Waals surface area contributed by atoms with Crippen LogP contribution in [0.2, 0.25) is 0 Å². The average Bonchev–Trinajstić information content (AvgIpc) is 2.71. The standard InChI is InChI=1S/C9H6N4/c10-7-8-1-3-9(4-2-8)13-6-5-11-12-13/h1-6H. The zero-order chi connectivity index (χ0) is 9.10. The third kappa shape index (κ3) is 1.40. The van der Waals surface area contributed by atoms with Crippen molar-refractivity contribution in [2.24, 2.45) is 0 Å². The van der Waals surface area contributed by atoms with Gasteiger partial charge in [0.05, 0.1) is 29.7 Å². The summed E-state index contributed by atoms with van der Waals surface area (Å²) in [7, 11) is 0. The summed E-state index contributed by atoms with van der Waals surface area (Å²) in [6.45, 7) is 0. The molecule has 2 rings (SSSR count). The van der Waals surface area contributed by atoms with Gasteiger partial charge in [-0.25, -0.2) is 4.68 Å². The second-order valence-electron chi connectivity index (χ2n) is 2.51. The highest BCUT2D eigenvalue weighted by molar-refractivity contribution is 5.38. The number of aromatic nitrogens is 3. The Morgan fingerprint density at radius 1 is 1.23 bits per heavy atom. The molecule has 2 aromatic rings. The van der Waals surface area contributed by atoms with Gasteiger partial charge >= 0.3 is 0 Å². The molecule has 4 nitrogen and oxygen atoms in total. The molecule has 1 heterocycles. The van der Waals surface area contributed by atoms with Crippen LogP contribution in [-0.4, -0.2) is 15.0 Å². The second kappa shape index (κ2) is 3.07. The Bertz CT molecular complexity index is 422. The lowest BCUT2D eigenvalue weighted by molar-refractivity contribution is 0.803. The maximum atomic E-state index is 8.57. The van der Waals surface area contributed by atoms with Crippen LogP contribution in [0, 0.1) is 11.3 Å². The van der Waals surface area contributed by atoms with Gasteiger partial charge < -0.3 is 0 Å². The third-order valence-corrected chi connectivity index (χ3v) is 1.68. The van der Waals surface area contributed by atoms with Crippen LogP contribution >= 0.6 is 0 Å². The molecule has 0 spiro atoms. The molecule has 0 amide bonds. The van der Waals surface area contributed by atoms with Gasteiger partial charge in [-0.15, -0.1) is 5.10 Å². The second-order valence-corrected chi connectivity index (χ2v) is 2.51. The molecule has 0 saturated heterocycles. The van der Waals surface area contributed by atoms with Gasteiger partial charge in [-0.3, -0.25) is 0 Å². The van der Waals surface area contributed by atoms with Gasteiger partial charge in [-0.1, -0.05) is 5.21 Å². The smallest absolute Gasteiger partial charge is 0.0991 e. The van der Waals surface area contributed by atoms with Crippen molar-refractivity contribution >= 4 is 0 Å². The molecule has 0 aliphatic heterocycles. The van der Waals surface area contributed by atoms with Crippen molar-refractivity contribution in [3.05, 3.63) is 42.2 Å². The fourth-order valence-electron chi connectivity index (χ4n) is 1.03. The normalized spacial score (nSPS) is 9.46. The average molecular weight is 170 g/mol. The minimum absolute atomic E-state index is 0.642. The molecule has 1 aromatic heterocycles. The molecule has 0 N–H and O–H groups in total. The number of hydrogen-bond acceptors (Lipinski definition) is 3. The quantitative estimate of drug-likeness (QED) is 0.644. The molecule has 0 unspecified atom stereocenters. The Morgan fingerprint density at radius 2 is 2.00 bits per heavy atom. The van der Waals surface area contributed by atoms with E-state index in [2.05, 4.69) is 16.4 Å². The van der Waals surface area contributed by atoms with E-state index in [1.165, 1.54) is 0 Å². The molecule has 0 fully saturated rings. The molecule has 0 bridgehead atoms. The molecule has 1 aromatic carbocycles. The lowest BCUT2D eigenvalue weighted by Crippen LogP contribution is -1.94. The number of benzene rings is 1. The molecule has 0 aliphatic rings. The summed E-state index contributed by atoms with van der Waals surface area (Å²) in [6, 6.07) is 9.20. The maximum absolute atomic E-state index is 8.57. The third-order valence-electron chi connectivity index (χ3n) is 1.68. The number of nitriles is 1. The molecule has 4 heteroatoms. The fourth-order valence-corrected chi connectivity index (χ4v) is 1.03. The summed E-state index contributed by atoms with van der Waals surface area (Å²) in [4.78, 5) is 0. The van der Waals surface area contributed by atoms with Crippen LogP contribution in [0.4, 0.5) is 0 Å². The predicted octanol–water partition coefficient (Wildman–Crippen LogP) is 1.14. The van der Waals surface area contributed by atoms with Crippen LogP contribution in [0.25, 0.3) is 5.69 Å². The summed E-state index contributed by atoms with van der Waals surface area (Å²) in [6.07, 6.45) is 3.36. The van der Waals surface area contributed by atoms with E-state index in [-0.39, 0.29) is 0 Å². The van der Waals surface area contributed by atoms with Crippen LogP contribution in [0.1, 0.15) is 5.56 Å². The van der Waals surface area contributed by atoms with Crippen molar-refractivity contribution in [3.8, 4) is 11.8 Å². The largest absolute Gasteiger partial charge is 0.221 e. The SMILES string of the molecule is N#Cc1ccc(-n2ccnn2)cc1. The molecule has 0 radical (unpaired) electrons. The Labute approximate surface area is 75.0 Å². The highest BCUT2D eigenvalue weighted by atomic mass is 15.4. The van der Waals surface area contributed by atoms with E-state index < -0.39 is 0 Å². The Kier molecular flexibility index (Phi) is 1.77. The molecular weight excluding hydrogens is 164 g/mol. The summed E-state index contributed by atoms with van der Waals surface area (Å²) in [5, 5.41) is 16.1. The van der Waals surface area contributed by atoms with E-state index >= 15 is 0 Å². The van der Waals surface area contributed by atoms with Crippen molar-refractivity contribution in [1.82, 2.24) is 15.0 Å². The molecule has 62 valence electrons. The van der Waals surface area contributed by atoms with Gasteiger partial charge in [0.1, 0.15) is 0 Å². The first kappa shape index (κ1) is 7.50. The van der Waals surface area contributed by atoms with E-state index in [1.54, 1.807) is 29.2 Å². The van der Waals surface area contributed by atoms with Gasteiger partial charge in [0.25, 0.3) is 0 Å². The van der Waals surface area contributed by atoms with Crippen LogP contribution in [0.3, 0.4) is 0 Å². The van der Waals surface area contributed by atoms with Gasteiger partial charge in [0.2, 0.25) is 0 Å². The van der Waals surface area contributed by atoms with Crippen molar-refractivity contribution < 1.29 is 0 Å². The monoisotopic (exact) mass is 170 g/mol. The minimum Gasteiger partial charge on any atom is -0.221 e.